The molecule has 0 aliphatic carbocycles. The van der Waals surface area contributed by atoms with E-state index < -0.39 is 4.92 Å². The Labute approximate surface area is 132 Å². The summed E-state index contributed by atoms with van der Waals surface area (Å²) in [7, 11) is 1.62. The Hall–Kier alpha value is -1.34. The summed E-state index contributed by atoms with van der Waals surface area (Å²) in [4.78, 5) is 10.5. The van der Waals surface area contributed by atoms with Crippen LogP contribution in [0.5, 0.6) is 5.75 Å². The lowest BCUT2D eigenvalue weighted by Gasteiger charge is -2.09. The van der Waals surface area contributed by atoms with E-state index in [1.807, 2.05) is 0 Å². The van der Waals surface area contributed by atoms with E-state index in [2.05, 4.69) is 5.32 Å². The summed E-state index contributed by atoms with van der Waals surface area (Å²) < 4.78 is 10.3. The number of rotatable bonds is 9. The van der Waals surface area contributed by atoms with E-state index in [1.54, 1.807) is 19.2 Å². The maximum atomic E-state index is 11.0. The molecule has 1 aromatic rings. The van der Waals surface area contributed by atoms with Crippen LogP contribution in [0.1, 0.15) is 5.56 Å². The zero-order valence-electron chi connectivity index (χ0n) is 11.5. The Balaban J connectivity index is 2.77. The van der Waals surface area contributed by atoms with Crippen molar-refractivity contribution in [3.05, 3.63) is 44.4 Å². The van der Waals surface area contributed by atoms with Crippen molar-refractivity contribution in [2.24, 2.45) is 0 Å². The molecule has 0 aromatic heterocycles. The minimum atomic E-state index is -0.504. The number of nitro benzene ring substituents is 1. The molecule has 6 nitrogen and oxygen atoms in total. The van der Waals surface area contributed by atoms with E-state index in [4.69, 9.17) is 32.7 Å². The Kier molecular flexibility index (Phi) is 8.07. The van der Waals surface area contributed by atoms with Gasteiger partial charge in [-0.1, -0.05) is 29.3 Å². The van der Waals surface area contributed by atoms with Crippen LogP contribution in [0, 0.1) is 10.1 Å². The van der Waals surface area contributed by atoms with Gasteiger partial charge < -0.3 is 14.8 Å². The number of ether oxygens (including phenoxy) is 2. The van der Waals surface area contributed by atoms with Gasteiger partial charge in [0.05, 0.1) is 16.6 Å². The lowest BCUT2D eigenvalue weighted by atomic mass is 10.2. The summed E-state index contributed by atoms with van der Waals surface area (Å²) >= 11 is 11.1. The first kappa shape index (κ1) is 17.7. The smallest absolute Gasteiger partial charge is 0.310 e. The quantitative estimate of drug-likeness (QED) is 0.427. The zero-order chi connectivity index (χ0) is 15.7. The number of halogens is 2. The summed E-state index contributed by atoms with van der Waals surface area (Å²) in [5.41, 5.74) is 1.90. The van der Waals surface area contributed by atoms with Crippen molar-refractivity contribution >= 4 is 28.9 Å². The summed E-state index contributed by atoms with van der Waals surface area (Å²) in [6.07, 6.45) is 0. The van der Waals surface area contributed by atoms with Gasteiger partial charge in [-0.25, -0.2) is 0 Å². The molecule has 0 amide bonds. The van der Waals surface area contributed by atoms with Crippen LogP contribution in [-0.4, -0.2) is 31.8 Å². The fraction of sp³-hybridized carbons (Fsp3) is 0.385. The van der Waals surface area contributed by atoms with Gasteiger partial charge in [-0.3, -0.25) is 10.1 Å². The average Bonchev–Trinajstić information content (AvgIpc) is 2.49. The number of hydrogen-bond donors (Lipinski definition) is 1. The van der Waals surface area contributed by atoms with Crippen molar-refractivity contribution in [3.8, 4) is 5.75 Å². The largest absolute Gasteiger partial charge is 0.481 e. The summed E-state index contributed by atoms with van der Waals surface area (Å²) in [6.45, 7) is 1.81. The van der Waals surface area contributed by atoms with Crippen LogP contribution >= 0.6 is 23.2 Å². The highest BCUT2D eigenvalue weighted by molar-refractivity contribution is 6.36. The Morgan fingerprint density at radius 2 is 2.29 bits per heavy atom. The first-order valence-electron chi connectivity index (χ1n) is 6.13. The monoisotopic (exact) mass is 334 g/mol. The molecule has 8 heteroatoms. The lowest BCUT2D eigenvalue weighted by molar-refractivity contribution is -0.385. The highest BCUT2D eigenvalue weighted by Crippen LogP contribution is 2.28. The van der Waals surface area contributed by atoms with Crippen molar-refractivity contribution in [1.82, 2.24) is 5.32 Å². The predicted octanol–water partition coefficient (Wildman–Crippen LogP) is 3.03. The van der Waals surface area contributed by atoms with E-state index in [0.29, 0.717) is 19.7 Å². The molecule has 1 N–H and O–H groups in total. The molecule has 0 aliphatic heterocycles. The summed E-state index contributed by atoms with van der Waals surface area (Å²) in [6, 6.07) is 4.68. The van der Waals surface area contributed by atoms with Gasteiger partial charge in [-0.2, -0.15) is 0 Å². The number of methoxy groups -OCH3 is 1. The third-order valence-electron chi connectivity index (χ3n) is 2.52. The lowest BCUT2D eigenvalue weighted by Crippen LogP contribution is -2.18. The molecule has 0 saturated heterocycles. The fourth-order valence-corrected chi connectivity index (χ4v) is 1.64. The third kappa shape index (κ3) is 6.31. The molecule has 116 valence electrons. The maximum absolute atomic E-state index is 11.0. The molecule has 0 aliphatic rings. The van der Waals surface area contributed by atoms with Gasteiger partial charge in [0.2, 0.25) is 0 Å². The SMILES string of the molecule is COCCNCc1ccc([N+](=O)[O-])c(OCC(Cl)=CCl)c1. The van der Waals surface area contributed by atoms with Crippen molar-refractivity contribution in [3.63, 3.8) is 0 Å². The second-order valence-electron chi connectivity index (χ2n) is 4.07. The predicted molar refractivity (Wildman–Crippen MR) is 82.0 cm³/mol. The first-order chi connectivity index (χ1) is 10.1. The molecule has 21 heavy (non-hydrogen) atoms. The molecule has 0 bridgehead atoms. The van der Waals surface area contributed by atoms with E-state index in [-0.39, 0.29) is 23.1 Å². The number of hydrogen-bond acceptors (Lipinski definition) is 5. The molecule has 0 unspecified atom stereocenters. The number of nitrogens with one attached hydrogen (secondary N) is 1. The van der Waals surface area contributed by atoms with Crippen LogP contribution in [0.15, 0.2) is 28.8 Å². The van der Waals surface area contributed by atoms with Crippen molar-refractivity contribution in [2.45, 2.75) is 6.54 Å². The molecular formula is C13H16Cl2N2O4. The van der Waals surface area contributed by atoms with Gasteiger partial charge in [0.25, 0.3) is 0 Å². The van der Waals surface area contributed by atoms with E-state index in [9.17, 15) is 10.1 Å². The molecule has 1 aromatic carbocycles. The van der Waals surface area contributed by atoms with Gasteiger partial charge in [-0.15, -0.1) is 0 Å². The number of nitro groups is 1. The van der Waals surface area contributed by atoms with E-state index in [1.165, 1.54) is 6.07 Å². The van der Waals surface area contributed by atoms with Crippen LogP contribution in [0.4, 0.5) is 5.69 Å². The number of nitrogens with zero attached hydrogens (tertiary/aromatic N) is 1. The van der Waals surface area contributed by atoms with Crippen molar-refractivity contribution in [2.75, 3.05) is 26.9 Å². The highest BCUT2D eigenvalue weighted by Gasteiger charge is 2.15. The van der Waals surface area contributed by atoms with Gasteiger partial charge in [-0.05, 0) is 11.6 Å². The standard InChI is InChI=1S/C13H16Cl2N2O4/c1-20-5-4-16-8-10-2-3-12(17(18)19)13(6-10)21-9-11(15)7-14/h2-3,6-7,16H,4-5,8-9H2,1H3. The molecule has 0 atom stereocenters. The molecule has 0 spiro atoms. The second-order valence-corrected chi connectivity index (χ2v) is 4.78. The van der Waals surface area contributed by atoms with Gasteiger partial charge in [0, 0.05) is 31.8 Å². The van der Waals surface area contributed by atoms with Crippen LogP contribution in [0.2, 0.25) is 0 Å². The second kappa shape index (κ2) is 9.57. The third-order valence-corrected chi connectivity index (χ3v) is 3.11. The van der Waals surface area contributed by atoms with E-state index in [0.717, 1.165) is 11.1 Å². The summed E-state index contributed by atoms with van der Waals surface area (Å²) in [5, 5.41) is 14.4. The molecular weight excluding hydrogens is 319 g/mol. The fourth-order valence-electron chi connectivity index (χ4n) is 1.52. The maximum Gasteiger partial charge on any atom is 0.310 e. The number of benzene rings is 1. The van der Waals surface area contributed by atoms with Crippen LogP contribution in [0.3, 0.4) is 0 Å². The zero-order valence-corrected chi connectivity index (χ0v) is 13.0. The molecule has 0 saturated carbocycles. The topological polar surface area (TPSA) is 73.6 Å². The molecule has 0 heterocycles. The Morgan fingerprint density at radius 1 is 1.52 bits per heavy atom. The summed E-state index contributed by atoms with van der Waals surface area (Å²) in [5.74, 6) is 0.155. The van der Waals surface area contributed by atoms with E-state index >= 15 is 0 Å². The average molecular weight is 335 g/mol. The minimum Gasteiger partial charge on any atom is -0.481 e. The van der Waals surface area contributed by atoms with Crippen molar-refractivity contribution < 1.29 is 14.4 Å². The normalized spacial score (nSPS) is 11.5. The van der Waals surface area contributed by atoms with Gasteiger partial charge in [0.15, 0.2) is 5.75 Å². The van der Waals surface area contributed by atoms with Crippen molar-refractivity contribution in [1.29, 1.82) is 0 Å². The Morgan fingerprint density at radius 3 is 2.90 bits per heavy atom. The van der Waals surface area contributed by atoms with Gasteiger partial charge in [0.1, 0.15) is 6.61 Å². The van der Waals surface area contributed by atoms with Crippen LogP contribution < -0.4 is 10.1 Å². The minimum absolute atomic E-state index is 0.0214. The Bertz CT molecular complexity index is 509. The van der Waals surface area contributed by atoms with Gasteiger partial charge >= 0.3 is 5.69 Å². The van der Waals surface area contributed by atoms with Crippen LogP contribution in [0.25, 0.3) is 0 Å². The highest BCUT2D eigenvalue weighted by atomic mass is 35.5. The first-order valence-corrected chi connectivity index (χ1v) is 6.94. The molecule has 1 rings (SSSR count). The molecule has 0 radical (unpaired) electrons. The van der Waals surface area contributed by atoms with Crippen LogP contribution in [-0.2, 0) is 11.3 Å². The molecule has 0 fully saturated rings.